The molecule has 0 bridgehead atoms. The Morgan fingerprint density at radius 1 is 0.735 bits per heavy atom. The van der Waals surface area contributed by atoms with Crippen molar-refractivity contribution in [3.63, 3.8) is 0 Å². The summed E-state index contributed by atoms with van der Waals surface area (Å²) in [6, 6.07) is 9.06. The quantitative estimate of drug-likeness (QED) is 0.364. The van der Waals surface area contributed by atoms with Crippen LogP contribution in [0, 0.1) is 0 Å². The summed E-state index contributed by atoms with van der Waals surface area (Å²) in [5, 5.41) is 5.85. The topological polar surface area (TPSA) is 152 Å². The van der Waals surface area contributed by atoms with Gasteiger partial charge in [-0.25, -0.2) is 26.8 Å². The normalized spacial score (nSPS) is 12.2. The molecule has 2 N–H and O–H groups in total. The molecule has 0 aliphatic carbocycles. The van der Waals surface area contributed by atoms with Gasteiger partial charge in [-0.1, -0.05) is 22.7 Å². The van der Waals surface area contributed by atoms with E-state index in [4.69, 9.17) is 0 Å². The minimum Gasteiger partial charge on any atom is -0.302 e. The number of nitrogens with zero attached hydrogens (tertiary/aromatic N) is 2. The molecule has 4 rings (SSSR count). The number of carbonyl (C=O) groups excluding carboxylic acids is 2. The number of sulfone groups is 2. The molecule has 0 aliphatic heterocycles. The van der Waals surface area contributed by atoms with E-state index in [1.807, 2.05) is 0 Å². The molecule has 0 spiro atoms. The van der Waals surface area contributed by atoms with Crippen LogP contribution >= 0.6 is 22.7 Å². The predicted octanol–water partition coefficient (Wildman–Crippen LogP) is 3.07. The van der Waals surface area contributed by atoms with Crippen molar-refractivity contribution in [1.82, 2.24) is 9.97 Å². The van der Waals surface area contributed by atoms with Crippen LogP contribution in [0.15, 0.2) is 46.2 Å². The zero-order valence-electron chi connectivity index (χ0n) is 17.9. The Morgan fingerprint density at radius 2 is 1.12 bits per heavy atom. The molecule has 0 unspecified atom stereocenters. The van der Waals surface area contributed by atoms with E-state index in [9.17, 15) is 26.4 Å². The molecule has 2 amide bonds. The van der Waals surface area contributed by atoms with E-state index in [1.165, 1.54) is 24.3 Å². The monoisotopic (exact) mass is 538 g/mol. The summed E-state index contributed by atoms with van der Waals surface area (Å²) in [7, 11) is -6.71. The Morgan fingerprint density at radius 3 is 1.47 bits per heavy atom. The SMILES string of the molecule is CS(=O)(=O)c1ccc2nc(NC(=O)CCC(=O)Nc3nc4ccc(S(C)(=O)=O)cc4s3)sc2c1. The maximum absolute atomic E-state index is 12.3. The molecule has 0 saturated carbocycles. The number of aromatic nitrogens is 2. The van der Waals surface area contributed by atoms with Gasteiger partial charge in [-0.15, -0.1) is 0 Å². The molecular weight excluding hydrogens is 521 g/mol. The molecule has 2 aromatic heterocycles. The summed E-state index contributed by atoms with van der Waals surface area (Å²) >= 11 is 2.28. The van der Waals surface area contributed by atoms with E-state index in [0.717, 1.165) is 35.2 Å². The van der Waals surface area contributed by atoms with Gasteiger partial charge in [0.15, 0.2) is 29.9 Å². The number of benzene rings is 2. The average Bonchev–Trinajstić information content (AvgIpc) is 3.32. The summed E-state index contributed by atoms with van der Waals surface area (Å²) < 4.78 is 48.0. The van der Waals surface area contributed by atoms with Gasteiger partial charge in [0.05, 0.1) is 30.2 Å². The van der Waals surface area contributed by atoms with Crippen LogP contribution in [0.5, 0.6) is 0 Å². The molecular formula is C20H18N4O6S4. The molecule has 10 nitrogen and oxygen atoms in total. The largest absolute Gasteiger partial charge is 0.302 e. The van der Waals surface area contributed by atoms with Gasteiger partial charge < -0.3 is 10.6 Å². The summed E-state index contributed by atoms with van der Waals surface area (Å²) in [6.07, 6.45) is 2.03. The molecule has 2 heterocycles. The Balaban J connectivity index is 1.35. The van der Waals surface area contributed by atoms with Gasteiger partial charge in [0.2, 0.25) is 11.8 Å². The van der Waals surface area contributed by atoms with Crippen LogP contribution in [0.25, 0.3) is 20.4 Å². The predicted molar refractivity (Wildman–Crippen MR) is 132 cm³/mol. The summed E-state index contributed by atoms with van der Waals surface area (Å²) in [5.74, 6) is -0.834. The van der Waals surface area contributed by atoms with Gasteiger partial charge >= 0.3 is 0 Å². The molecule has 178 valence electrons. The minimum atomic E-state index is -3.35. The Kier molecular flexibility index (Phi) is 6.42. The Bertz CT molecular complexity index is 1530. The average molecular weight is 539 g/mol. The van der Waals surface area contributed by atoms with E-state index < -0.39 is 31.5 Å². The smallest absolute Gasteiger partial charge is 0.226 e. The molecule has 2 aromatic carbocycles. The van der Waals surface area contributed by atoms with Crippen molar-refractivity contribution in [3.05, 3.63) is 36.4 Å². The summed E-state index contributed by atoms with van der Waals surface area (Å²) in [4.78, 5) is 33.4. The zero-order chi connectivity index (χ0) is 24.7. The maximum atomic E-state index is 12.3. The van der Waals surface area contributed by atoms with Crippen LogP contribution in [-0.2, 0) is 29.3 Å². The summed E-state index contributed by atoms with van der Waals surface area (Å²) in [6.45, 7) is 0. The van der Waals surface area contributed by atoms with E-state index >= 15 is 0 Å². The third-order valence-corrected chi connectivity index (χ3v) is 8.74. The zero-order valence-corrected chi connectivity index (χ0v) is 21.1. The number of rotatable bonds is 7. The third kappa shape index (κ3) is 5.58. The molecule has 0 fully saturated rings. The highest BCUT2D eigenvalue weighted by Gasteiger charge is 2.15. The van der Waals surface area contributed by atoms with Crippen LogP contribution in [0.4, 0.5) is 10.3 Å². The maximum Gasteiger partial charge on any atom is 0.226 e. The minimum absolute atomic E-state index is 0.0977. The fourth-order valence-electron chi connectivity index (χ4n) is 2.97. The van der Waals surface area contributed by atoms with Gasteiger partial charge in [-0.05, 0) is 36.4 Å². The van der Waals surface area contributed by atoms with Crippen LogP contribution in [-0.4, -0.2) is 51.1 Å². The number of nitrogens with one attached hydrogen (secondary N) is 2. The number of fused-ring (bicyclic) bond motifs is 2. The lowest BCUT2D eigenvalue weighted by molar-refractivity contribution is -0.121. The molecule has 0 saturated heterocycles. The number of hydrogen-bond donors (Lipinski definition) is 2. The van der Waals surface area contributed by atoms with E-state index in [1.54, 1.807) is 12.1 Å². The van der Waals surface area contributed by atoms with Crippen molar-refractivity contribution in [3.8, 4) is 0 Å². The highest BCUT2D eigenvalue weighted by atomic mass is 32.2. The van der Waals surface area contributed by atoms with Gasteiger partial charge in [-0.2, -0.15) is 0 Å². The highest BCUT2D eigenvalue weighted by molar-refractivity contribution is 7.91. The van der Waals surface area contributed by atoms with Crippen molar-refractivity contribution < 1.29 is 26.4 Å². The second-order valence-electron chi connectivity index (χ2n) is 7.44. The lowest BCUT2D eigenvalue weighted by Crippen LogP contribution is -2.17. The van der Waals surface area contributed by atoms with Gasteiger partial charge in [-0.3, -0.25) is 9.59 Å². The fourth-order valence-corrected chi connectivity index (χ4v) is 6.25. The van der Waals surface area contributed by atoms with Crippen molar-refractivity contribution in [1.29, 1.82) is 0 Å². The van der Waals surface area contributed by atoms with E-state index in [2.05, 4.69) is 20.6 Å². The first kappa shape index (κ1) is 24.2. The van der Waals surface area contributed by atoms with Crippen molar-refractivity contribution >= 4 is 84.9 Å². The van der Waals surface area contributed by atoms with Gasteiger partial charge in [0.1, 0.15) is 0 Å². The Labute approximate surface area is 202 Å². The number of carbonyl (C=O) groups is 2. The fraction of sp³-hybridized carbons (Fsp3) is 0.200. The van der Waals surface area contributed by atoms with E-state index in [0.29, 0.717) is 30.7 Å². The van der Waals surface area contributed by atoms with E-state index in [-0.39, 0.29) is 22.6 Å². The van der Waals surface area contributed by atoms with Gasteiger partial charge in [0, 0.05) is 25.4 Å². The van der Waals surface area contributed by atoms with Crippen LogP contribution in [0.2, 0.25) is 0 Å². The number of thiazole rings is 2. The summed E-state index contributed by atoms with van der Waals surface area (Å²) in [5.41, 5.74) is 1.11. The second-order valence-corrected chi connectivity index (χ2v) is 13.5. The van der Waals surface area contributed by atoms with Gasteiger partial charge in [0.25, 0.3) is 0 Å². The molecule has 4 aromatic rings. The second kappa shape index (κ2) is 9.02. The first-order valence-electron chi connectivity index (χ1n) is 9.69. The number of anilines is 2. The van der Waals surface area contributed by atoms with Crippen molar-refractivity contribution in [2.45, 2.75) is 22.6 Å². The Hall–Kier alpha value is -2.94. The molecule has 0 aliphatic rings. The van der Waals surface area contributed by atoms with Crippen molar-refractivity contribution in [2.24, 2.45) is 0 Å². The standard InChI is InChI=1S/C20H18N4O6S4/c1-33(27,28)11-3-5-13-15(9-11)31-19(21-13)23-17(25)7-8-18(26)24-20-22-14-6-4-12(34(2,29)30)10-16(14)32-20/h3-6,9-10H,7-8H2,1-2H3,(H,21,23,25)(H,22,24,26). The van der Waals surface area contributed by atoms with Crippen LogP contribution in [0.1, 0.15) is 12.8 Å². The highest BCUT2D eigenvalue weighted by Crippen LogP contribution is 2.29. The lowest BCUT2D eigenvalue weighted by atomic mass is 10.3. The van der Waals surface area contributed by atoms with Crippen LogP contribution in [0.3, 0.4) is 0 Å². The molecule has 0 atom stereocenters. The number of amides is 2. The van der Waals surface area contributed by atoms with Crippen molar-refractivity contribution in [2.75, 3.05) is 23.1 Å². The molecule has 0 radical (unpaired) electrons. The first-order valence-corrected chi connectivity index (χ1v) is 15.1. The molecule has 34 heavy (non-hydrogen) atoms. The first-order chi connectivity index (χ1) is 15.9. The number of hydrogen-bond acceptors (Lipinski definition) is 10. The lowest BCUT2D eigenvalue weighted by Gasteiger charge is -2.02. The van der Waals surface area contributed by atoms with Crippen LogP contribution < -0.4 is 10.6 Å². The third-order valence-electron chi connectivity index (χ3n) is 4.65. The molecule has 14 heteroatoms.